The Bertz CT molecular complexity index is 801. The Morgan fingerprint density at radius 1 is 0.704 bits per heavy atom. The van der Waals surface area contributed by atoms with Gasteiger partial charge < -0.3 is 33.3 Å². The van der Waals surface area contributed by atoms with Gasteiger partial charge in [-0.05, 0) is 12.1 Å². The van der Waals surface area contributed by atoms with Crippen LogP contribution in [0.4, 0.5) is 0 Å². The Morgan fingerprint density at radius 2 is 1.07 bits per heavy atom. The Hall–Kier alpha value is -0.910. The summed E-state index contributed by atoms with van der Waals surface area (Å²) >= 11 is 0. The fraction of sp³-hybridized carbons (Fsp3) is 0.353. The number of hydrogen-bond acceptors (Lipinski definition) is 3. The van der Waals surface area contributed by atoms with Gasteiger partial charge in [-0.25, -0.2) is 15.0 Å². The van der Waals surface area contributed by atoms with E-state index < -0.39 is 16.5 Å². The fourth-order valence-corrected chi connectivity index (χ4v) is 5.40. The molecule has 3 aromatic heterocycles. The number of rotatable bonds is 4. The number of halogens is 2. The maximum Gasteiger partial charge on any atom is 2.00 e. The molecule has 0 amide bonds. The van der Waals surface area contributed by atoms with Crippen molar-refractivity contribution in [2.75, 3.05) is 0 Å². The average Bonchev–Trinajstić information content (AvgIpc) is 3.15. The molecule has 5 nitrogen and oxygen atoms in total. The van der Waals surface area contributed by atoms with Crippen molar-refractivity contribution < 1.29 is 41.6 Å². The number of hydrogen-bond donors (Lipinski definition) is 0. The minimum Gasteiger partial charge on any atom is -1.00 e. The van der Waals surface area contributed by atoms with E-state index >= 15 is 0 Å². The molecule has 0 aliphatic heterocycles. The van der Waals surface area contributed by atoms with Gasteiger partial charge in [-0.3, -0.25) is 0 Å². The summed E-state index contributed by atoms with van der Waals surface area (Å²) in [6.07, 6.45) is 7.87. The summed E-state index contributed by atoms with van der Waals surface area (Å²) in [6, 6.07) is 6.11. The van der Waals surface area contributed by atoms with E-state index in [0.29, 0.717) is 0 Å². The molecule has 0 N–H and O–H groups in total. The van der Waals surface area contributed by atoms with Crippen molar-refractivity contribution in [3.8, 4) is 23.0 Å². The third-order valence-corrected chi connectivity index (χ3v) is 7.55. The maximum absolute atomic E-state index is 4.88. The molecular weight excluding hydrogens is 460 g/mol. The first-order valence-electron chi connectivity index (χ1n) is 8.23. The van der Waals surface area contributed by atoms with Gasteiger partial charge in [0.2, 0.25) is 0 Å². The standard InChI is InChI=1S/C17H25N5Si2.2ClH.Co/c1-23(2,3)21-12-10-18-16(21)14-8-7-9-15(20-14)17-19-11-13-22(17)24(4,5)6;;;/h7-13H,1-6H3;2*1H;/q;;;+2/p-2. The minimum atomic E-state index is -1.53. The third kappa shape index (κ3) is 5.55. The van der Waals surface area contributed by atoms with Gasteiger partial charge in [0.15, 0.2) is 28.1 Å². The largest absolute Gasteiger partial charge is 2.00 e. The number of aromatic nitrogens is 5. The second-order valence-corrected chi connectivity index (χ2v) is 17.6. The quantitative estimate of drug-likeness (QED) is 0.409. The van der Waals surface area contributed by atoms with E-state index in [-0.39, 0.29) is 41.6 Å². The van der Waals surface area contributed by atoms with Gasteiger partial charge in [0.05, 0.1) is 0 Å². The smallest absolute Gasteiger partial charge is 1.00 e. The SMILES string of the molecule is C[Si](C)(C)n1ccnc1-c1cccc(-c2nccn2[Si](C)(C)C)n1.[Cl-].[Cl-].[Co+2]. The van der Waals surface area contributed by atoms with Crippen molar-refractivity contribution in [2.24, 2.45) is 0 Å². The van der Waals surface area contributed by atoms with Crippen LogP contribution in [0.2, 0.25) is 39.3 Å². The molecular formula is C17H25Cl2CoN5Si2. The molecule has 0 aliphatic carbocycles. The number of nitrogens with zero attached hydrogens (tertiary/aromatic N) is 5. The van der Waals surface area contributed by atoms with Gasteiger partial charge in [-0.1, -0.05) is 45.3 Å². The topological polar surface area (TPSA) is 48.5 Å². The predicted octanol–water partition coefficient (Wildman–Crippen LogP) is -1.82. The summed E-state index contributed by atoms with van der Waals surface area (Å²) in [4.78, 5) is 14.0. The zero-order valence-corrected chi connectivity index (χ0v) is 20.9. The van der Waals surface area contributed by atoms with Crippen LogP contribution in [0.1, 0.15) is 0 Å². The molecule has 0 saturated carbocycles. The van der Waals surface area contributed by atoms with Crippen LogP contribution in [0.25, 0.3) is 23.0 Å². The van der Waals surface area contributed by atoms with Crippen molar-refractivity contribution in [2.45, 2.75) is 39.3 Å². The maximum atomic E-state index is 4.88. The van der Waals surface area contributed by atoms with Crippen molar-refractivity contribution in [3.05, 3.63) is 43.0 Å². The van der Waals surface area contributed by atoms with Gasteiger partial charge in [-0.2, -0.15) is 0 Å². The molecule has 149 valence electrons. The zero-order chi connectivity index (χ0) is 17.5. The molecule has 0 atom stereocenters. The molecule has 3 aromatic rings. The van der Waals surface area contributed by atoms with E-state index in [2.05, 4.69) is 70.1 Å². The van der Waals surface area contributed by atoms with E-state index in [1.54, 1.807) is 0 Å². The summed E-state index contributed by atoms with van der Waals surface area (Å²) in [5.41, 5.74) is 1.81. The zero-order valence-electron chi connectivity index (χ0n) is 16.4. The van der Waals surface area contributed by atoms with Crippen LogP contribution in [0.15, 0.2) is 43.0 Å². The van der Waals surface area contributed by atoms with E-state index in [1.807, 2.05) is 30.6 Å². The molecule has 0 aromatic carbocycles. The van der Waals surface area contributed by atoms with Crippen molar-refractivity contribution in [1.29, 1.82) is 0 Å². The monoisotopic (exact) mass is 484 g/mol. The van der Waals surface area contributed by atoms with Gasteiger partial charge in [0.25, 0.3) is 0 Å². The van der Waals surface area contributed by atoms with Crippen LogP contribution >= 0.6 is 0 Å². The van der Waals surface area contributed by atoms with Gasteiger partial charge in [-0.15, -0.1) is 0 Å². The Kier molecular flexibility index (Phi) is 9.21. The minimum absolute atomic E-state index is 0. The van der Waals surface area contributed by atoms with Crippen LogP contribution in [0, 0.1) is 0 Å². The Morgan fingerprint density at radius 3 is 1.41 bits per heavy atom. The normalized spacial score (nSPS) is 11.2. The summed E-state index contributed by atoms with van der Waals surface area (Å²) in [7, 11) is -3.07. The van der Waals surface area contributed by atoms with E-state index in [0.717, 1.165) is 23.0 Å². The van der Waals surface area contributed by atoms with Gasteiger partial charge >= 0.3 is 16.8 Å². The summed E-state index contributed by atoms with van der Waals surface area (Å²) in [5, 5.41) is 0. The van der Waals surface area contributed by atoms with Crippen molar-refractivity contribution in [3.63, 3.8) is 0 Å². The van der Waals surface area contributed by atoms with Crippen molar-refractivity contribution in [1.82, 2.24) is 23.4 Å². The van der Waals surface area contributed by atoms with Crippen LogP contribution in [-0.4, -0.2) is 39.9 Å². The number of pyridine rings is 1. The molecule has 3 rings (SSSR count). The second kappa shape index (κ2) is 9.53. The first kappa shape index (κ1) is 26.1. The van der Waals surface area contributed by atoms with Gasteiger partial charge in [0.1, 0.15) is 11.4 Å². The first-order valence-corrected chi connectivity index (χ1v) is 15.1. The van der Waals surface area contributed by atoms with Crippen LogP contribution in [-0.2, 0) is 16.8 Å². The van der Waals surface area contributed by atoms with Crippen LogP contribution < -0.4 is 24.8 Å². The number of imidazole rings is 2. The molecule has 3 heterocycles. The molecule has 0 bridgehead atoms. The Labute approximate surface area is 186 Å². The van der Waals surface area contributed by atoms with Crippen molar-refractivity contribution >= 4 is 16.5 Å². The molecule has 10 heteroatoms. The molecule has 0 aliphatic rings. The Balaban J connectivity index is 0.00000225. The van der Waals surface area contributed by atoms with Crippen LogP contribution in [0.3, 0.4) is 0 Å². The molecule has 0 unspecified atom stereocenters. The molecule has 27 heavy (non-hydrogen) atoms. The van der Waals surface area contributed by atoms with Gasteiger partial charge in [0, 0.05) is 24.8 Å². The molecule has 0 saturated heterocycles. The van der Waals surface area contributed by atoms with E-state index in [9.17, 15) is 0 Å². The van der Waals surface area contributed by atoms with E-state index in [1.165, 1.54) is 0 Å². The van der Waals surface area contributed by atoms with Crippen LogP contribution in [0.5, 0.6) is 0 Å². The summed E-state index contributed by atoms with van der Waals surface area (Å²) < 4.78 is 4.59. The molecule has 0 spiro atoms. The predicted molar refractivity (Wildman–Crippen MR) is 104 cm³/mol. The summed E-state index contributed by atoms with van der Waals surface area (Å²) in [6.45, 7) is 13.8. The molecule has 0 fully saturated rings. The average molecular weight is 485 g/mol. The summed E-state index contributed by atoms with van der Waals surface area (Å²) in [5.74, 6) is 1.89. The molecule has 1 radical (unpaired) electrons. The third-order valence-electron chi connectivity index (χ3n) is 3.93. The first-order chi connectivity index (χ1) is 11.2. The fourth-order valence-electron chi connectivity index (χ4n) is 2.75. The van der Waals surface area contributed by atoms with E-state index in [4.69, 9.17) is 4.98 Å². The second-order valence-electron chi connectivity index (χ2n) is 7.99.